The van der Waals surface area contributed by atoms with Gasteiger partial charge < -0.3 is 15.1 Å². The van der Waals surface area contributed by atoms with Gasteiger partial charge in [-0.05, 0) is 48.5 Å². The molecule has 3 rings (SSSR count). The van der Waals surface area contributed by atoms with Gasteiger partial charge in [0.25, 0.3) is 0 Å². The summed E-state index contributed by atoms with van der Waals surface area (Å²) >= 11 is 9.30. The number of hydrogen-bond donors (Lipinski definition) is 1. The highest BCUT2D eigenvalue weighted by atomic mass is 79.9. The first-order valence-corrected chi connectivity index (χ1v) is 8.61. The first-order chi connectivity index (χ1) is 11.1. The number of carbonyl (C=O) groups is 1. The van der Waals surface area contributed by atoms with Crippen LogP contribution in [-0.2, 0) is 0 Å². The van der Waals surface area contributed by atoms with Crippen LogP contribution >= 0.6 is 27.5 Å². The lowest BCUT2D eigenvalue weighted by Gasteiger charge is -2.36. The van der Waals surface area contributed by atoms with Crippen LogP contribution in [0.4, 0.5) is 16.2 Å². The maximum atomic E-state index is 12.3. The summed E-state index contributed by atoms with van der Waals surface area (Å²) in [5.74, 6) is 0. The molecule has 1 aliphatic rings. The molecule has 0 bridgehead atoms. The summed E-state index contributed by atoms with van der Waals surface area (Å²) in [6, 6.07) is 15.3. The van der Waals surface area contributed by atoms with Crippen molar-refractivity contribution in [1.29, 1.82) is 0 Å². The van der Waals surface area contributed by atoms with Crippen LogP contribution in [0.1, 0.15) is 0 Å². The van der Waals surface area contributed by atoms with Crippen LogP contribution < -0.4 is 10.2 Å². The zero-order chi connectivity index (χ0) is 16.2. The second-order valence-electron chi connectivity index (χ2n) is 5.39. The van der Waals surface area contributed by atoms with Crippen molar-refractivity contribution in [1.82, 2.24) is 4.90 Å². The van der Waals surface area contributed by atoms with Crippen molar-refractivity contribution >= 4 is 44.9 Å². The Balaban J connectivity index is 1.54. The maximum absolute atomic E-state index is 12.3. The van der Waals surface area contributed by atoms with Gasteiger partial charge in [0.2, 0.25) is 0 Å². The third-order valence-electron chi connectivity index (χ3n) is 3.85. The predicted octanol–water partition coefficient (Wildman–Crippen LogP) is 4.46. The average molecular weight is 395 g/mol. The third-order valence-corrected chi connectivity index (χ3v) is 4.63. The molecule has 0 spiro atoms. The number of anilines is 2. The molecule has 0 atom stereocenters. The Morgan fingerprint density at radius 3 is 2.17 bits per heavy atom. The Kier molecular flexibility index (Phi) is 5.08. The molecule has 2 amide bonds. The van der Waals surface area contributed by atoms with Gasteiger partial charge >= 0.3 is 6.03 Å². The fourth-order valence-corrected chi connectivity index (χ4v) is 2.95. The van der Waals surface area contributed by atoms with Gasteiger partial charge in [0.15, 0.2) is 0 Å². The van der Waals surface area contributed by atoms with E-state index >= 15 is 0 Å². The quantitative estimate of drug-likeness (QED) is 0.816. The first kappa shape index (κ1) is 16.1. The molecule has 0 aliphatic carbocycles. The van der Waals surface area contributed by atoms with E-state index in [4.69, 9.17) is 11.6 Å². The van der Waals surface area contributed by atoms with Crippen molar-refractivity contribution in [2.75, 3.05) is 36.4 Å². The standard InChI is InChI=1S/C17H17BrClN3O/c18-13-1-5-15(6-2-13)20-17(23)22-11-9-21(10-12-22)16-7-3-14(19)4-8-16/h1-8H,9-12H2,(H,20,23). The molecule has 0 radical (unpaired) electrons. The van der Waals surface area contributed by atoms with Gasteiger partial charge in [-0.1, -0.05) is 27.5 Å². The molecule has 2 aromatic carbocycles. The van der Waals surface area contributed by atoms with Gasteiger partial charge in [-0.25, -0.2) is 4.79 Å². The smallest absolute Gasteiger partial charge is 0.321 e. The van der Waals surface area contributed by atoms with E-state index < -0.39 is 0 Å². The monoisotopic (exact) mass is 393 g/mol. The summed E-state index contributed by atoms with van der Waals surface area (Å²) in [4.78, 5) is 16.4. The molecule has 0 saturated carbocycles. The van der Waals surface area contributed by atoms with Gasteiger partial charge in [-0.2, -0.15) is 0 Å². The number of hydrogen-bond acceptors (Lipinski definition) is 2. The summed E-state index contributed by atoms with van der Waals surface area (Å²) in [6.45, 7) is 3.03. The van der Waals surface area contributed by atoms with E-state index in [1.54, 1.807) is 0 Å². The Morgan fingerprint density at radius 1 is 0.957 bits per heavy atom. The van der Waals surface area contributed by atoms with Crippen molar-refractivity contribution in [2.24, 2.45) is 0 Å². The van der Waals surface area contributed by atoms with Crippen LogP contribution in [0, 0.1) is 0 Å². The number of carbonyl (C=O) groups excluding carboxylic acids is 1. The average Bonchev–Trinajstić information content (AvgIpc) is 2.58. The zero-order valence-electron chi connectivity index (χ0n) is 12.5. The summed E-state index contributed by atoms with van der Waals surface area (Å²) < 4.78 is 0.993. The largest absolute Gasteiger partial charge is 0.368 e. The van der Waals surface area contributed by atoms with E-state index in [0.29, 0.717) is 13.1 Å². The molecular formula is C17H17BrClN3O. The van der Waals surface area contributed by atoms with E-state index in [0.717, 1.165) is 34.0 Å². The van der Waals surface area contributed by atoms with Crippen molar-refractivity contribution in [3.63, 3.8) is 0 Å². The first-order valence-electron chi connectivity index (χ1n) is 7.44. The van der Waals surface area contributed by atoms with Crippen molar-refractivity contribution in [3.05, 3.63) is 58.0 Å². The van der Waals surface area contributed by atoms with Crippen molar-refractivity contribution < 1.29 is 4.79 Å². The van der Waals surface area contributed by atoms with Crippen molar-refractivity contribution in [3.8, 4) is 0 Å². The lowest BCUT2D eigenvalue weighted by atomic mass is 10.2. The molecule has 0 aromatic heterocycles. The highest BCUT2D eigenvalue weighted by Crippen LogP contribution is 2.20. The van der Waals surface area contributed by atoms with E-state index in [1.807, 2.05) is 53.4 Å². The molecule has 23 heavy (non-hydrogen) atoms. The number of piperazine rings is 1. The fraction of sp³-hybridized carbons (Fsp3) is 0.235. The van der Waals surface area contributed by atoms with Crippen LogP contribution in [0.25, 0.3) is 0 Å². The van der Waals surface area contributed by atoms with E-state index in [2.05, 4.69) is 26.1 Å². The minimum absolute atomic E-state index is 0.0527. The summed E-state index contributed by atoms with van der Waals surface area (Å²) in [7, 11) is 0. The van der Waals surface area contributed by atoms with Gasteiger partial charge in [0, 0.05) is 47.0 Å². The molecule has 1 saturated heterocycles. The van der Waals surface area contributed by atoms with Gasteiger partial charge in [-0.15, -0.1) is 0 Å². The Bertz CT molecular complexity index is 667. The molecule has 1 N–H and O–H groups in total. The second kappa shape index (κ2) is 7.23. The number of amides is 2. The zero-order valence-corrected chi connectivity index (χ0v) is 14.8. The summed E-state index contributed by atoms with van der Waals surface area (Å²) in [6.07, 6.45) is 0. The van der Waals surface area contributed by atoms with Gasteiger partial charge in [0.05, 0.1) is 0 Å². The minimum atomic E-state index is -0.0527. The molecular weight excluding hydrogens is 378 g/mol. The normalized spacial score (nSPS) is 14.7. The molecule has 6 heteroatoms. The van der Waals surface area contributed by atoms with E-state index in [1.165, 1.54) is 0 Å². The summed E-state index contributed by atoms with van der Waals surface area (Å²) in [5.41, 5.74) is 1.95. The Labute approximate surface area is 149 Å². The van der Waals surface area contributed by atoms with Crippen LogP contribution in [0.2, 0.25) is 5.02 Å². The maximum Gasteiger partial charge on any atom is 0.321 e. The number of halogens is 2. The topological polar surface area (TPSA) is 35.6 Å². The number of benzene rings is 2. The fourth-order valence-electron chi connectivity index (χ4n) is 2.56. The molecule has 4 nitrogen and oxygen atoms in total. The van der Waals surface area contributed by atoms with Crippen LogP contribution in [0.15, 0.2) is 53.0 Å². The number of rotatable bonds is 2. The van der Waals surface area contributed by atoms with Gasteiger partial charge in [0.1, 0.15) is 0 Å². The van der Waals surface area contributed by atoms with E-state index in [9.17, 15) is 4.79 Å². The Morgan fingerprint density at radius 2 is 1.57 bits per heavy atom. The Hall–Kier alpha value is -1.72. The van der Waals surface area contributed by atoms with Crippen LogP contribution in [0.3, 0.4) is 0 Å². The molecule has 2 aromatic rings. The SMILES string of the molecule is O=C(Nc1ccc(Br)cc1)N1CCN(c2ccc(Cl)cc2)CC1. The number of nitrogens with one attached hydrogen (secondary N) is 1. The lowest BCUT2D eigenvalue weighted by molar-refractivity contribution is 0.208. The second-order valence-corrected chi connectivity index (χ2v) is 6.74. The van der Waals surface area contributed by atoms with E-state index in [-0.39, 0.29) is 6.03 Å². The highest BCUT2D eigenvalue weighted by Gasteiger charge is 2.21. The molecule has 1 fully saturated rings. The molecule has 1 aliphatic heterocycles. The summed E-state index contributed by atoms with van der Waals surface area (Å²) in [5, 5.41) is 3.67. The molecule has 120 valence electrons. The van der Waals surface area contributed by atoms with Crippen molar-refractivity contribution in [2.45, 2.75) is 0 Å². The number of nitrogens with zero attached hydrogens (tertiary/aromatic N) is 2. The molecule has 0 unspecified atom stereocenters. The molecule has 1 heterocycles. The van der Waals surface area contributed by atoms with Crippen LogP contribution in [0.5, 0.6) is 0 Å². The number of urea groups is 1. The minimum Gasteiger partial charge on any atom is -0.368 e. The third kappa shape index (κ3) is 4.18. The predicted molar refractivity (Wildman–Crippen MR) is 98.4 cm³/mol. The lowest BCUT2D eigenvalue weighted by Crippen LogP contribution is -2.50. The van der Waals surface area contributed by atoms with Gasteiger partial charge in [-0.3, -0.25) is 0 Å². The highest BCUT2D eigenvalue weighted by molar-refractivity contribution is 9.10. The van der Waals surface area contributed by atoms with Crippen LogP contribution in [-0.4, -0.2) is 37.1 Å².